The summed E-state index contributed by atoms with van der Waals surface area (Å²) in [7, 11) is -1.59. The zero-order valence-electron chi connectivity index (χ0n) is 34.2. The number of aromatic nitrogens is 2. The molecule has 1 N–H and O–H groups in total. The van der Waals surface area contributed by atoms with E-state index in [0.717, 1.165) is 59.3 Å². The van der Waals surface area contributed by atoms with Crippen LogP contribution in [0, 0.1) is 29.2 Å². The van der Waals surface area contributed by atoms with Gasteiger partial charge in [0.05, 0.1) is 9.44 Å². The molecule has 0 spiro atoms. The van der Waals surface area contributed by atoms with Gasteiger partial charge in [-0.05, 0) is 88.5 Å². The van der Waals surface area contributed by atoms with E-state index in [2.05, 4.69) is 94.2 Å². The van der Waals surface area contributed by atoms with Crippen LogP contribution in [0.1, 0.15) is 100 Å². The van der Waals surface area contributed by atoms with Crippen LogP contribution in [0.5, 0.6) is 0 Å². The number of pyridine rings is 2. The normalized spacial score (nSPS) is 13.6. The van der Waals surface area contributed by atoms with Crippen LogP contribution in [0.25, 0.3) is 49.0 Å². The summed E-state index contributed by atoms with van der Waals surface area (Å²) in [6.45, 7) is 28.3. The zero-order valence-corrected chi connectivity index (χ0v) is 36.6. The molecule has 6 rings (SSSR count). The summed E-state index contributed by atoms with van der Waals surface area (Å²) in [6.07, 6.45) is 6.11. The maximum atomic E-state index is 12.2. The van der Waals surface area contributed by atoms with Gasteiger partial charge in [0, 0.05) is 54.2 Å². The van der Waals surface area contributed by atoms with E-state index < -0.39 is 8.07 Å². The largest absolute Gasteiger partial charge is 0.512 e. The number of carbonyl (C=O) groups excluding carboxylic acids is 1. The van der Waals surface area contributed by atoms with Crippen molar-refractivity contribution in [1.29, 1.82) is 0 Å². The summed E-state index contributed by atoms with van der Waals surface area (Å²) >= 11 is 0. The fourth-order valence-corrected chi connectivity index (χ4v) is 8.28. The molecule has 0 amide bonds. The van der Waals surface area contributed by atoms with Crippen LogP contribution in [0.2, 0.25) is 19.6 Å². The van der Waals surface area contributed by atoms with Crippen molar-refractivity contribution < 1.29 is 31.4 Å². The number of carbonyl (C=O) groups is 1. The number of aliphatic hydroxyl groups excluding tert-OH is 1. The number of aliphatic hydroxyl groups is 1. The first-order valence-corrected chi connectivity index (χ1v) is 22.1. The Hall–Kier alpha value is -3.05. The predicted octanol–water partition coefficient (Wildman–Crippen LogP) is 12.3. The number of nitrogens with zero attached hydrogens (tertiary/aromatic N) is 2. The van der Waals surface area contributed by atoms with Crippen LogP contribution < -0.4 is 5.19 Å². The Morgan fingerprint density at radius 2 is 1.53 bits per heavy atom. The third-order valence-corrected chi connectivity index (χ3v) is 13.5. The molecule has 0 bridgehead atoms. The summed E-state index contributed by atoms with van der Waals surface area (Å²) < 4.78 is 10.9. The van der Waals surface area contributed by atoms with E-state index in [-0.39, 0.29) is 47.9 Å². The number of hydrogen-bond acceptors (Lipinski definition) is 3. The Labute approximate surface area is 322 Å². The van der Waals surface area contributed by atoms with E-state index in [1.165, 1.54) is 44.1 Å². The molecule has 0 saturated heterocycles. The fourth-order valence-electron chi connectivity index (χ4n) is 7.12. The number of rotatable bonds is 9. The van der Waals surface area contributed by atoms with Gasteiger partial charge in [-0.25, -0.2) is 0 Å². The van der Waals surface area contributed by atoms with Crippen LogP contribution >= 0.6 is 0 Å². The van der Waals surface area contributed by atoms with Gasteiger partial charge in [0.2, 0.25) is 0 Å². The summed E-state index contributed by atoms with van der Waals surface area (Å²) in [5, 5.41) is 17.4. The number of ketones is 1. The van der Waals surface area contributed by atoms with Crippen molar-refractivity contribution in [2.45, 2.75) is 121 Å². The topological polar surface area (TPSA) is 54.6 Å². The maximum Gasteiger partial charge on any atom is 0.164 e. The van der Waals surface area contributed by atoms with E-state index in [4.69, 9.17) is 6.35 Å². The van der Waals surface area contributed by atoms with Gasteiger partial charge >= 0.3 is 0 Å². The molecule has 0 aliphatic rings. The second-order valence-corrected chi connectivity index (χ2v) is 22.5. The Balaban J connectivity index is 0.000000289. The minimum Gasteiger partial charge on any atom is -0.512 e. The van der Waals surface area contributed by atoms with Crippen LogP contribution in [0.3, 0.4) is 0 Å². The van der Waals surface area contributed by atoms with Crippen LogP contribution in [0.4, 0.5) is 0 Å². The Kier molecular flexibility index (Phi) is 11.3. The van der Waals surface area contributed by atoms with Crippen molar-refractivity contribution in [3.05, 3.63) is 77.7 Å². The smallest absolute Gasteiger partial charge is 0.164 e. The van der Waals surface area contributed by atoms with Crippen molar-refractivity contribution in [3.8, 4) is 0 Å². The monoisotopic (exact) mass is 881 g/mol. The molecule has 6 aromatic rings. The van der Waals surface area contributed by atoms with Crippen molar-refractivity contribution in [2.75, 3.05) is 0 Å². The molecule has 275 valence electrons. The molecular formula is C45H59IrN2O2Si-. The molecular weight excluding hydrogens is 821 g/mol. The van der Waals surface area contributed by atoms with Gasteiger partial charge in [-0.2, -0.15) is 0 Å². The molecule has 4 nitrogen and oxygen atoms in total. The first-order valence-electron chi connectivity index (χ1n) is 19.1. The number of benzene rings is 3. The van der Waals surface area contributed by atoms with E-state index in [0.29, 0.717) is 6.17 Å². The van der Waals surface area contributed by atoms with Gasteiger partial charge in [-0.3, -0.25) is 4.79 Å². The Bertz CT molecular complexity index is 2280. The minimum atomic E-state index is -1.59. The Morgan fingerprint density at radius 1 is 0.902 bits per heavy atom. The SMILES string of the molecule is CCC(C)(CC)C(=O)/C=C(\O)C(C)(CC)CC.[2H]c1cc2cc([Si](C)(C)C)cc3c2c(n1)c1[c-]c(C)cc2c4ccc(CC(C)(C)C)cc4n3c12.[Ir]. The number of fused-ring (bicyclic) bond motifs is 5. The molecule has 3 aromatic heterocycles. The minimum absolute atomic E-state index is 0. The van der Waals surface area contributed by atoms with Crippen LogP contribution in [0.15, 0.2) is 60.5 Å². The maximum absolute atomic E-state index is 12.2. The average Bonchev–Trinajstić information content (AvgIpc) is 3.38. The van der Waals surface area contributed by atoms with Crippen molar-refractivity contribution in [2.24, 2.45) is 16.2 Å². The van der Waals surface area contributed by atoms with E-state index in [9.17, 15) is 9.90 Å². The Morgan fingerprint density at radius 3 is 2.10 bits per heavy atom. The number of aryl methyl sites for hydroxylation is 1. The van der Waals surface area contributed by atoms with Crippen molar-refractivity contribution in [1.82, 2.24) is 9.38 Å². The third-order valence-electron chi connectivity index (χ3n) is 11.5. The van der Waals surface area contributed by atoms with E-state index in [1.807, 2.05) is 47.6 Å². The molecule has 0 aliphatic carbocycles. The van der Waals surface area contributed by atoms with Crippen molar-refractivity contribution >= 4 is 68.0 Å². The summed E-state index contributed by atoms with van der Waals surface area (Å²) in [4.78, 5) is 16.9. The summed E-state index contributed by atoms with van der Waals surface area (Å²) in [5.74, 6) is 0.286. The van der Waals surface area contributed by atoms with Gasteiger partial charge in [-0.15, -0.1) is 17.7 Å². The summed E-state index contributed by atoms with van der Waals surface area (Å²) in [5.41, 5.74) is 6.63. The van der Waals surface area contributed by atoms with Crippen LogP contribution in [-0.2, 0) is 31.3 Å². The van der Waals surface area contributed by atoms with E-state index in [1.54, 1.807) is 0 Å². The van der Waals surface area contributed by atoms with Gasteiger partial charge in [0.15, 0.2) is 5.78 Å². The molecule has 6 heteroatoms. The second kappa shape index (κ2) is 14.8. The molecule has 0 unspecified atom stereocenters. The second-order valence-electron chi connectivity index (χ2n) is 17.4. The molecule has 51 heavy (non-hydrogen) atoms. The first kappa shape index (κ1) is 39.2. The van der Waals surface area contributed by atoms with Crippen molar-refractivity contribution in [3.63, 3.8) is 0 Å². The van der Waals surface area contributed by atoms with Crippen LogP contribution in [-0.4, -0.2) is 28.3 Å². The quantitative estimate of drug-likeness (QED) is 0.0393. The molecule has 0 saturated carbocycles. The van der Waals surface area contributed by atoms with Gasteiger partial charge in [0.1, 0.15) is 5.76 Å². The average molecular weight is 881 g/mol. The van der Waals surface area contributed by atoms with Gasteiger partial charge in [0.25, 0.3) is 0 Å². The first-order chi connectivity index (χ1) is 23.7. The number of allylic oxidation sites excluding steroid dienone is 2. The fraction of sp³-hybridized carbons (Fsp3) is 0.467. The number of hydrogen-bond donors (Lipinski definition) is 1. The van der Waals surface area contributed by atoms with Gasteiger partial charge < -0.3 is 14.5 Å². The molecule has 0 aliphatic heterocycles. The molecule has 3 aromatic carbocycles. The molecule has 0 fully saturated rings. The zero-order chi connectivity index (χ0) is 37.8. The molecule has 0 atom stereocenters. The predicted molar refractivity (Wildman–Crippen MR) is 219 cm³/mol. The molecule has 1 radical (unpaired) electrons. The standard InChI is InChI=1S/C30H31N2Si.C15H28O2.Ir/c1-18-12-23-22-9-8-19(17-30(2,3)4)14-25(22)32-26-16-21(33(5,6)7)15-20-10-11-31-28(27(20)26)24(13-18)29(23)32;1-7-14(5,8-2)12(16)11-13(17)15(6,9-3)10-4;/h8-12,14-16H,17H2,1-7H3;11,16H,7-10H2,1-6H3;/q-1;;/b;12-11-;/i11D;;. The molecule has 3 heterocycles. The van der Waals surface area contributed by atoms with E-state index >= 15 is 0 Å². The third kappa shape index (κ3) is 7.70. The van der Waals surface area contributed by atoms with Gasteiger partial charge in [-0.1, -0.05) is 123 Å². The summed E-state index contributed by atoms with van der Waals surface area (Å²) in [6, 6.07) is 19.5.